The van der Waals surface area contributed by atoms with Gasteiger partial charge in [0.15, 0.2) is 0 Å². The molecule has 1 aliphatic rings. The van der Waals surface area contributed by atoms with Gasteiger partial charge in [-0.05, 0) is 42.5 Å². The molecule has 1 atom stereocenters. The lowest BCUT2D eigenvalue weighted by atomic mass is 10.2. The number of nitrogens with zero attached hydrogens (tertiary/aromatic N) is 1. The maximum atomic E-state index is 12.3. The van der Waals surface area contributed by atoms with Crippen LogP contribution in [-0.2, 0) is 14.3 Å². The molecule has 1 fully saturated rings. The second kappa shape index (κ2) is 6.65. The van der Waals surface area contributed by atoms with Gasteiger partial charge in [0.1, 0.15) is 11.8 Å². The average Bonchev–Trinajstić information content (AvgIpc) is 2.80. The first-order valence-corrected chi connectivity index (χ1v) is 7.28. The number of benzene rings is 1. The first-order chi connectivity index (χ1) is 10.5. The molecule has 1 aliphatic heterocycles. The number of imide groups is 1. The van der Waals surface area contributed by atoms with Crippen molar-refractivity contribution in [3.8, 4) is 5.75 Å². The summed E-state index contributed by atoms with van der Waals surface area (Å²) in [6.45, 7) is 1.46. The van der Waals surface area contributed by atoms with Gasteiger partial charge >= 0.3 is 5.97 Å². The van der Waals surface area contributed by atoms with Crippen molar-refractivity contribution in [3.05, 3.63) is 34.7 Å². The van der Waals surface area contributed by atoms with E-state index in [9.17, 15) is 14.4 Å². The van der Waals surface area contributed by atoms with Crippen LogP contribution in [0.3, 0.4) is 0 Å². The van der Waals surface area contributed by atoms with Gasteiger partial charge in [0.25, 0.3) is 11.1 Å². The number of carbonyl (C=O) groups excluding carboxylic acids is 3. The number of ether oxygens (including phenoxy) is 2. The predicted octanol–water partition coefficient (Wildman–Crippen LogP) is 2.29. The standard InChI is InChI=1S/C15H15NO5S/c1-9(14(18)21-3)16-13(17)12(22-15(16)19)8-10-5-4-6-11(7-10)20-2/h4-9H,1-3H3/b12-8+/t9-/m0/s1. The van der Waals surface area contributed by atoms with Crippen LogP contribution in [0.4, 0.5) is 4.79 Å². The first-order valence-electron chi connectivity index (χ1n) is 6.47. The Bertz CT molecular complexity index is 655. The molecule has 1 saturated heterocycles. The summed E-state index contributed by atoms with van der Waals surface area (Å²) in [6.07, 6.45) is 1.59. The third-order valence-corrected chi connectivity index (χ3v) is 4.03. The molecule has 1 aromatic rings. The molecule has 0 N–H and O–H groups in total. The Kier molecular flexibility index (Phi) is 4.87. The molecule has 1 aromatic carbocycles. The van der Waals surface area contributed by atoms with Gasteiger partial charge in [0, 0.05) is 0 Å². The minimum Gasteiger partial charge on any atom is -0.497 e. The third-order valence-electron chi connectivity index (χ3n) is 3.14. The van der Waals surface area contributed by atoms with Crippen molar-refractivity contribution in [2.45, 2.75) is 13.0 Å². The highest BCUT2D eigenvalue weighted by Gasteiger charge is 2.41. The molecule has 0 unspecified atom stereocenters. The molecule has 2 rings (SSSR count). The van der Waals surface area contributed by atoms with Crippen LogP contribution in [0.25, 0.3) is 6.08 Å². The number of amides is 2. The maximum absolute atomic E-state index is 12.3. The van der Waals surface area contributed by atoms with Crippen LogP contribution < -0.4 is 4.74 Å². The quantitative estimate of drug-likeness (QED) is 0.626. The van der Waals surface area contributed by atoms with E-state index in [4.69, 9.17) is 4.74 Å². The van der Waals surface area contributed by atoms with Crippen LogP contribution in [-0.4, -0.2) is 42.3 Å². The van der Waals surface area contributed by atoms with E-state index in [0.29, 0.717) is 5.75 Å². The van der Waals surface area contributed by atoms with Gasteiger partial charge in [-0.25, -0.2) is 4.79 Å². The summed E-state index contributed by atoms with van der Waals surface area (Å²) in [4.78, 5) is 37.0. The highest BCUT2D eigenvalue weighted by atomic mass is 32.2. The second-order valence-electron chi connectivity index (χ2n) is 4.53. The Morgan fingerprint density at radius 3 is 2.68 bits per heavy atom. The molecule has 7 heteroatoms. The fraction of sp³-hybridized carbons (Fsp3) is 0.267. The summed E-state index contributed by atoms with van der Waals surface area (Å²) in [6, 6.07) is 6.15. The van der Waals surface area contributed by atoms with Crippen molar-refractivity contribution in [1.82, 2.24) is 4.90 Å². The number of carbonyl (C=O) groups is 3. The van der Waals surface area contributed by atoms with Gasteiger partial charge < -0.3 is 9.47 Å². The van der Waals surface area contributed by atoms with Gasteiger partial charge in [0.05, 0.1) is 19.1 Å². The van der Waals surface area contributed by atoms with Crippen LogP contribution in [0, 0.1) is 0 Å². The van der Waals surface area contributed by atoms with E-state index in [0.717, 1.165) is 22.2 Å². The molecule has 0 bridgehead atoms. The molecule has 0 saturated carbocycles. The molecule has 22 heavy (non-hydrogen) atoms. The minimum absolute atomic E-state index is 0.258. The Morgan fingerprint density at radius 2 is 2.05 bits per heavy atom. The fourth-order valence-corrected chi connectivity index (χ4v) is 2.88. The van der Waals surface area contributed by atoms with Gasteiger partial charge in [0.2, 0.25) is 0 Å². The lowest BCUT2D eigenvalue weighted by Gasteiger charge is -2.18. The molecule has 0 aromatic heterocycles. The van der Waals surface area contributed by atoms with Crippen molar-refractivity contribution in [1.29, 1.82) is 0 Å². The molecule has 2 amide bonds. The zero-order valence-electron chi connectivity index (χ0n) is 12.4. The lowest BCUT2D eigenvalue weighted by Crippen LogP contribution is -2.42. The van der Waals surface area contributed by atoms with Crippen LogP contribution in [0.15, 0.2) is 29.2 Å². The summed E-state index contributed by atoms with van der Waals surface area (Å²) < 4.78 is 9.69. The summed E-state index contributed by atoms with van der Waals surface area (Å²) in [7, 11) is 2.76. The van der Waals surface area contributed by atoms with Crippen molar-refractivity contribution in [3.63, 3.8) is 0 Å². The van der Waals surface area contributed by atoms with E-state index in [1.807, 2.05) is 0 Å². The van der Waals surface area contributed by atoms with Gasteiger partial charge in [-0.1, -0.05) is 12.1 Å². The molecular formula is C15H15NO5S. The summed E-state index contributed by atoms with van der Waals surface area (Å²) in [5, 5.41) is -0.489. The molecule has 0 aliphatic carbocycles. The maximum Gasteiger partial charge on any atom is 0.328 e. The summed E-state index contributed by atoms with van der Waals surface area (Å²) in [5.74, 6) is -0.489. The number of rotatable bonds is 4. The summed E-state index contributed by atoms with van der Waals surface area (Å²) in [5.41, 5.74) is 0.732. The normalized spacial score (nSPS) is 17.8. The van der Waals surface area contributed by atoms with Crippen molar-refractivity contribution in [2.75, 3.05) is 14.2 Å². The number of methoxy groups -OCH3 is 2. The van der Waals surface area contributed by atoms with Crippen molar-refractivity contribution >= 4 is 35.0 Å². The van der Waals surface area contributed by atoms with Crippen molar-refractivity contribution in [2.24, 2.45) is 0 Å². The summed E-state index contributed by atoms with van der Waals surface area (Å²) >= 11 is 0.796. The van der Waals surface area contributed by atoms with E-state index in [1.54, 1.807) is 37.5 Å². The van der Waals surface area contributed by atoms with Gasteiger partial charge in [-0.2, -0.15) is 0 Å². The smallest absolute Gasteiger partial charge is 0.328 e. The highest BCUT2D eigenvalue weighted by molar-refractivity contribution is 8.18. The largest absolute Gasteiger partial charge is 0.497 e. The number of thioether (sulfide) groups is 1. The van der Waals surface area contributed by atoms with Crippen LogP contribution in [0.2, 0.25) is 0 Å². The molecule has 116 valence electrons. The predicted molar refractivity (Wildman–Crippen MR) is 82.3 cm³/mol. The molecule has 6 nitrogen and oxygen atoms in total. The number of hydrogen-bond acceptors (Lipinski definition) is 6. The zero-order chi connectivity index (χ0) is 16.3. The second-order valence-corrected chi connectivity index (χ2v) is 5.52. The Balaban J connectivity index is 2.27. The Labute approximate surface area is 132 Å². The van der Waals surface area contributed by atoms with Crippen LogP contribution in [0.5, 0.6) is 5.75 Å². The van der Waals surface area contributed by atoms with E-state index in [1.165, 1.54) is 14.0 Å². The van der Waals surface area contributed by atoms with Crippen molar-refractivity contribution < 1.29 is 23.9 Å². The molecule has 0 spiro atoms. The van der Waals surface area contributed by atoms with Gasteiger partial charge in [-0.15, -0.1) is 0 Å². The zero-order valence-corrected chi connectivity index (χ0v) is 13.2. The minimum atomic E-state index is -0.950. The number of hydrogen-bond donors (Lipinski definition) is 0. The first kappa shape index (κ1) is 16.1. The molecule has 0 radical (unpaired) electrons. The van der Waals surface area contributed by atoms with E-state index < -0.39 is 23.2 Å². The monoisotopic (exact) mass is 321 g/mol. The fourth-order valence-electron chi connectivity index (χ4n) is 1.97. The van der Waals surface area contributed by atoms with E-state index in [2.05, 4.69) is 4.74 Å². The topological polar surface area (TPSA) is 72.9 Å². The van der Waals surface area contributed by atoms with Crippen LogP contribution in [0.1, 0.15) is 12.5 Å². The lowest BCUT2D eigenvalue weighted by molar-refractivity contribution is -0.148. The third kappa shape index (κ3) is 3.14. The van der Waals surface area contributed by atoms with E-state index in [-0.39, 0.29) is 4.91 Å². The van der Waals surface area contributed by atoms with Crippen LogP contribution >= 0.6 is 11.8 Å². The Hall–Kier alpha value is -2.28. The SMILES string of the molecule is COC(=O)[C@H](C)N1C(=O)S/C(=C/c2cccc(OC)c2)C1=O. The Morgan fingerprint density at radius 1 is 1.32 bits per heavy atom. The molecular weight excluding hydrogens is 306 g/mol. The highest BCUT2D eigenvalue weighted by Crippen LogP contribution is 2.34. The van der Waals surface area contributed by atoms with Gasteiger partial charge in [-0.3, -0.25) is 14.5 Å². The van der Waals surface area contributed by atoms with E-state index >= 15 is 0 Å². The number of esters is 1. The average molecular weight is 321 g/mol. The molecule has 1 heterocycles.